The molecule has 4 heterocycles. The van der Waals surface area contributed by atoms with E-state index in [1.807, 2.05) is 6.92 Å². The predicted octanol–water partition coefficient (Wildman–Crippen LogP) is 2.55. The number of hydrogen-bond donors (Lipinski definition) is 0. The highest BCUT2D eigenvalue weighted by Crippen LogP contribution is 2.55. The maximum Gasteiger partial charge on any atom is 0.350 e. The molecule has 1 aromatic carbocycles. The zero-order valence-corrected chi connectivity index (χ0v) is 18.6. The lowest BCUT2D eigenvalue weighted by Gasteiger charge is -2.39. The van der Waals surface area contributed by atoms with Gasteiger partial charge in [0.05, 0.1) is 24.6 Å². The van der Waals surface area contributed by atoms with Crippen molar-refractivity contribution in [2.75, 3.05) is 27.0 Å². The number of methoxy groups -OCH3 is 1. The Kier molecular flexibility index (Phi) is 4.44. The number of fused-ring (bicyclic) bond motifs is 3. The third-order valence-electron chi connectivity index (χ3n) is 7.56. The van der Waals surface area contributed by atoms with Crippen molar-refractivity contribution in [2.45, 2.75) is 62.8 Å². The van der Waals surface area contributed by atoms with Crippen LogP contribution in [0.1, 0.15) is 43.7 Å². The third kappa shape index (κ3) is 2.78. The minimum atomic E-state index is -0.730. The normalized spacial score (nSPS) is 34.6. The molecular formula is C24H28N2O6. The Hall–Kier alpha value is -2.74. The minimum absolute atomic E-state index is 0.0883. The maximum atomic E-state index is 13.2. The van der Waals surface area contributed by atoms with Gasteiger partial charge in [-0.2, -0.15) is 0 Å². The monoisotopic (exact) mass is 440 g/mol. The number of nitrogens with zero attached hydrogens (tertiary/aromatic N) is 2. The van der Waals surface area contributed by atoms with E-state index < -0.39 is 18.2 Å². The van der Waals surface area contributed by atoms with Gasteiger partial charge in [-0.15, -0.1) is 0 Å². The van der Waals surface area contributed by atoms with Crippen molar-refractivity contribution in [3.05, 3.63) is 35.1 Å². The second-order valence-electron chi connectivity index (χ2n) is 9.25. The van der Waals surface area contributed by atoms with E-state index in [2.05, 4.69) is 28.1 Å². The summed E-state index contributed by atoms with van der Waals surface area (Å²) >= 11 is 0. The standard InChI is InChI=1S/C24H28N2O6/c1-13-21(31-14(2)25-13)23(27)32-22-19(28-3)11-24-6-4-7-26(24)8-5-15-9-17-18(30-12-29-17)10-16(15)20(22)24/h9-11,13,20-22H,4-8,12H2,1-3H3/t13?,20-,21?,22?,24+/m1/s1. The first-order valence-electron chi connectivity index (χ1n) is 11.4. The van der Waals surface area contributed by atoms with Crippen LogP contribution in [-0.2, 0) is 25.4 Å². The molecule has 1 saturated heterocycles. The van der Waals surface area contributed by atoms with Gasteiger partial charge in [-0.3, -0.25) is 4.90 Å². The SMILES string of the molecule is COC1=C[C@]23CCCN2CCc2cc4c(cc2[C@@H]3C1OC(=O)C1OC(C)=NC1C)OCO4. The lowest BCUT2D eigenvalue weighted by atomic mass is 9.77. The zero-order valence-electron chi connectivity index (χ0n) is 18.6. The molecule has 32 heavy (non-hydrogen) atoms. The van der Waals surface area contributed by atoms with Crippen molar-refractivity contribution >= 4 is 11.9 Å². The summed E-state index contributed by atoms with van der Waals surface area (Å²) in [4.78, 5) is 20.1. The number of rotatable bonds is 3. The van der Waals surface area contributed by atoms with Crippen LogP contribution >= 0.6 is 0 Å². The summed E-state index contributed by atoms with van der Waals surface area (Å²) in [6.45, 7) is 5.81. The maximum absolute atomic E-state index is 13.2. The van der Waals surface area contributed by atoms with Gasteiger partial charge in [-0.25, -0.2) is 9.79 Å². The highest BCUT2D eigenvalue weighted by molar-refractivity contribution is 5.84. The van der Waals surface area contributed by atoms with E-state index in [0.29, 0.717) is 11.7 Å². The van der Waals surface area contributed by atoms with Crippen LogP contribution in [-0.4, -0.2) is 67.5 Å². The van der Waals surface area contributed by atoms with E-state index in [-0.39, 0.29) is 24.3 Å². The summed E-state index contributed by atoms with van der Waals surface area (Å²) in [7, 11) is 1.65. The van der Waals surface area contributed by atoms with E-state index in [1.165, 1.54) is 5.56 Å². The second-order valence-corrected chi connectivity index (χ2v) is 9.25. The molecule has 170 valence electrons. The fourth-order valence-corrected chi connectivity index (χ4v) is 6.20. The molecule has 3 unspecified atom stereocenters. The molecule has 1 aromatic rings. The van der Waals surface area contributed by atoms with Crippen molar-refractivity contribution in [3.8, 4) is 11.5 Å². The van der Waals surface area contributed by atoms with Crippen LogP contribution in [0, 0.1) is 0 Å². The number of carbonyl (C=O) groups excluding carboxylic acids is 1. The average molecular weight is 440 g/mol. The molecule has 0 saturated carbocycles. The summed E-state index contributed by atoms with van der Waals surface area (Å²) in [5.74, 6) is 2.25. The van der Waals surface area contributed by atoms with Gasteiger partial charge in [0, 0.05) is 13.5 Å². The minimum Gasteiger partial charge on any atom is -0.497 e. The Labute approximate surface area is 187 Å². The molecular weight excluding hydrogens is 412 g/mol. The molecule has 4 aliphatic heterocycles. The predicted molar refractivity (Wildman–Crippen MR) is 115 cm³/mol. The van der Waals surface area contributed by atoms with Crippen molar-refractivity contribution < 1.29 is 28.5 Å². The van der Waals surface area contributed by atoms with Crippen molar-refractivity contribution in [3.63, 3.8) is 0 Å². The number of carbonyl (C=O) groups is 1. The first kappa shape index (κ1) is 19.9. The first-order valence-corrected chi connectivity index (χ1v) is 11.4. The van der Waals surface area contributed by atoms with Crippen LogP contribution in [0.3, 0.4) is 0 Å². The van der Waals surface area contributed by atoms with Crippen molar-refractivity contribution in [1.82, 2.24) is 4.90 Å². The summed E-state index contributed by atoms with van der Waals surface area (Å²) in [5, 5.41) is 0. The van der Waals surface area contributed by atoms with Crippen LogP contribution in [0.2, 0.25) is 0 Å². The molecule has 0 radical (unpaired) electrons. The Morgan fingerprint density at radius 1 is 1.25 bits per heavy atom. The molecule has 5 atom stereocenters. The van der Waals surface area contributed by atoms with E-state index in [4.69, 9.17) is 23.7 Å². The number of aliphatic imine (C=N–C) groups is 1. The Morgan fingerprint density at radius 3 is 2.81 bits per heavy atom. The molecule has 5 aliphatic rings. The molecule has 1 fully saturated rings. The molecule has 1 spiro atoms. The van der Waals surface area contributed by atoms with Gasteiger partial charge in [0.25, 0.3) is 0 Å². The van der Waals surface area contributed by atoms with Crippen LogP contribution < -0.4 is 9.47 Å². The summed E-state index contributed by atoms with van der Waals surface area (Å²) in [5.41, 5.74) is 2.11. The topological polar surface area (TPSA) is 78.8 Å². The second kappa shape index (κ2) is 7.13. The Bertz CT molecular complexity index is 1040. The van der Waals surface area contributed by atoms with Gasteiger partial charge >= 0.3 is 5.97 Å². The molecule has 0 amide bonds. The van der Waals surface area contributed by atoms with E-state index >= 15 is 0 Å². The Morgan fingerprint density at radius 2 is 2.06 bits per heavy atom. The highest BCUT2D eigenvalue weighted by Gasteiger charge is 2.58. The highest BCUT2D eigenvalue weighted by atomic mass is 16.7. The molecule has 8 heteroatoms. The van der Waals surface area contributed by atoms with E-state index in [1.54, 1.807) is 14.0 Å². The van der Waals surface area contributed by atoms with Gasteiger partial charge < -0.3 is 23.7 Å². The third-order valence-corrected chi connectivity index (χ3v) is 7.56. The molecule has 0 N–H and O–H groups in total. The molecule has 0 bridgehead atoms. The van der Waals surface area contributed by atoms with Crippen molar-refractivity contribution in [2.24, 2.45) is 4.99 Å². The van der Waals surface area contributed by atoms with Crippen LogP contribution in [0.25, 0.3) is 0 Å². The van der Waals surface area contributed by atoms with Crippen LogP contribution in [0.5, 0.6) is 11.5 Å². The smallest absolute Gasteiger partial charge is 0.350 e. The van der Waals surface area contributed by atoms with Crippen LogP contribution in [0.4, 0.5) is 0 Å². The van der Waals surface area contributed by atoms with Crippen molar-refractivity contribution in [1.29, 1.82) is 0 Å². The number of esters is 1. The van der Waals surface area contributed by atoms with Crippen LogP contribution in [0.15, 0.2) is 29.0 Å². The Balaban J connectivity index is 1.42. The molecule has 8 nitrogen and oxygen atoms in total. The molecule has 0 aromatic heterocycles. The molecule has 6 rings (SSSR count). The van der Waals surface area contributed by atoms with Gasteiger partial charge in [0.1, 0.15) is 5.76 Å². The number of benzene rings is 1. The first-order chi connectivity index (χ1) is 15.5. The fourth-order valence-electron chi connectivity index (χ4n) is 6.20. The molecule has 1 aliphatic carbocycles. The number of hydrogen-bond acceptors (Lipinski definition) is 8. The van der Waals surface area contributed by atoms with Gasteiger partial charge in [-0.05, 0) is 62.1 Å². The number of ether oxygens (including phenoxy) is 5. The quantitative estimate of drug-likeness (QED) is 0.669. The van der Waals surface area contributed by atoms with Gasteiger partial charge in [-0.1, -0.05) is 0 Å². The van der Waals surface area contributed by atoms with Gasteiger partial charge in [0.2, 0.25) is 12.9 Å². The summed E-state index contributed by atoms with van der Waals surface area (Å²) in [6.07, 6.45) is 3.93. The largest absolute Gasteiger partial charge is 0.497 e. The van der Waals surface area contributed by atoms with E-state index in [9.17, 15) is 4.79 Å². The zero-order chi connectivity index (χ0) is 22.0. The lowest BCUT2D eigenvalue weighted by Crippen LogP contribution is -2.48. The summed E-state index contributed by atoms with van der Waals surface area (Å²) < 4.78 is 29.0. The van der Waals surface area contributed by atoms with Gasteiger partial charge in [0.15, 0.2) is 23.5 Å². The lowest BCUT2D eigenvalue weighted by molar-refractivity contribution is -0.159. The average Bonchev–Trinajstić information content (AvgIpc) is 3.52. The summed E-state index contributed by atoms with van der Waals surface area (Å²) in [6, 6.07) is 3.91. The fraction of sp³-hybridized carbons (Fsp3) is 0.583. The van der Waals surface area contributed by atoms with E-state index in [0.717, 1.165) is 49.4 Å².